The fraction of sp³-hybridized carbons (Fsp3) is 0.188. The highest BCUT2D eigenvalue weighted by atomic mass is 35.5. The predicted molar refractivity (Wildman–Crippen MR) is 90.3 cm³/mol. The molecule has 0 heterocycles. The molecule has 0 aromatic heterocycles. The summed E-state index contributed by atoms with van der Waals surface area (Å²) in [5.41, 5.74) is 1.06. The second-order valence-electron chi connectivity index (χ2n) is 4.90. The normalized spacial score (nSPS) is 10.2. The van der Waals surface area contributed by atoms with Crippen molar-refractivity contribution >= 4 is 28.9 Å². The van der Waals surface area contributed by atoms with Crippen LogP contribution < -0.4 is 14.8 Å². The Bertz CT molecular complexity index is 807. The van der Waals surface area contributed by atoms with Crippen molar-refractivity contribution in [1.29, 1.82) is 0 Å². The van der Waals surface area contributed by atoms with E-state index in [9.17, 15) is 14.9 Å². The number of nitro groups is 1. The number of methoxy groups -OCH3 is 2. The zero-order valence-corrected chi connectivity index (χ0v) is 14.0. The van der Waals surface area contributed by atoms with Gasteiger partial charge in [-0.2, -0.15) is 0 Å². The molecule has 0 aliphatic heterocycles. The fourth-order valence-electron chi connectivity index (χ4n) is 2.11. The van der Waals surface area contributed by atoms with Gasteiger partial charge in [0.05, 0.1) is 19.1 Å². The van der Waals surface area contributed by atoms with E-state index in [2.05, 4.69) is 5.32 Å². The van der Waals surface area contributed by atoms with Gasteiger partial charge >= 0.3 is 0 Å². The third-order valence-corrected chi connectivity index (χ3v) is 3.69. The molecule has 2 aromatic carbocycles. The minimum absolute atomic E-state index is 0.0480. The first-order chi connectivity index (χ1) is 11.4. The van der Waals surface area contributed by atoms with Gasteiger partial charge in [0.25, 0.3) is 11.6 Å². The number of amides is 1. The Morgan fingerprint density at radius 2 is 1.83 bits per heavy atom. The zero-order valence-electron chi connectivity index (χ0n) is 13.3. The second-order valence-corrected chi connectivity index (χ2v) is 5.31. The monoisotopic (exact) mass is 350 g/mol. The summed E-state index contributed by atoms with van der Waals surface area (Å²) in [6.07, 6.45) is 0. The number of carbonyl (C=O) groups is 1. The third-order valence-electron chi connectivity index (χ3n) is 3.38. The first-order valence-corrected chi connectivity index (χ1v) is 7.23. The quantitative estimate of drug-likeness (QED) is 0.653. The number of hydrogen-bond acceptors (Lipinski definition) is 5. The number of carbonyl (C=O) groups excluding carboxylic acids is 1. The Balaban J connectivity index is 2.30. The van der Waals surface area contributed by atoms with Crippen LogP contribution in [0.25, 0.3) is 0 Å². The van der Waals surface area contributed by atoms with E-state index in [-0.39, 0.29) is 10.7 Å². The Morgan fingerprint density at radius 3 is 2.42 bits per heavy atom. The Labute approximate surface area is 143 Å². The van der Waals surface area contributed by atoms with Gasteiger partial charge in [0, 0.05) is 17.3 Å². The molecule has 0 spiro atoms. The zero-order chi connectivity index (χ0) is 17.9. The topological polar surface area (TPSA) is 90.7 Å². The van der Waals surface area contributed by atoms with Gasteiger partial charge < -0.3 is 14.8 Å². The summed E-state index contributed by atoms with van der Waals surface area (Å²) in [4.78, 5) is 22.7. The largest absolute Gasteiger partial charge is 0.493 e. The first-order valence-electron chi connectivity index (χ1n) is 6.85. The number of ether oxygens (including phenoxy) is 2. The molecule has 126 valence electrons. The molecule has 7 nitrogen and oxygen atoms in total. The highest BCUT2D eigenvalue weighted by Crippen LogP contribution is 2.31. The van der Waals surface area contributed by atoms with Crippen LogP contribution in [-0.4, -0.2) is 25.1 Å². The van der Waals surface area contributed by atoms with Gasteiger partial charge in [-0.25, -0.2) is 0 Å². The summed E-state index contributed by atoms with van der Waals surface area (Å²) in [5.74, 6) is 0.524. The molecule has 0 bridgehead atoms. The van der Waals surface area contributed by atoms with Gasteiger partial charge in [0.2, 0.25) is 0 Å². The minimum Gasteiger partial charge on any atom is -0.493 e. The molecule has 0 aliphatic rings. The van der Waals surface area contributed by atoms with Gasteiger partial charge in [-0.15, -0.1) is 0 Å². The predicted octanol–water partition coefficient (Wildman–Crippen LogP) is 3.83. The van der Waals surface area contributed by atoms with Crippen LogP contribution in [-0.2, 0) is 0 Å². The molecule has 0 saturated heterocycles. The summed E-state index contributed by atoms with van der Waals surface area (Å²) in [5, 5.41) is 13.5. The van der Waals surface area contributed by atoms with E-state index in [0.717, 1.165) is 0 Å². The molecule has 2 aromatic rings. The number of nitrogens with one attached hydrogen (secondary N) is 1. The smallest absolute Gasteiger partial charge is 0.288 e. The third kappa shape index (κ3) is 3.57. The van der Waals surface area contributed by atoms with Gasteiger partial charge in [-0.05, 0) is 36.8 Å². The number of hydrogen-bond donors (Lipinski definition) is 1. The number of anilines is 1. The molecule has 0 radical (unpaired) electrons. The fourth-order valence-corrected chi connectivity index (χ4v) is 2.35. The van der Waals surface area contributed by atoms with Crippen LogP contribution in [0.1, 0.15) is 15.9 Å². The maximum Gasteiger partial charge on any atom is 0.288 e. The highest BCUT2D eigenvalue weighted by Gasteiger charge is 2.17. The van der Waals surface area contributed by atoms with Crippen molar-refractivity contribution < 1.29 is 19.2 Å². The van der Waals surface area contributed by atoms with Crippen LogP contribution in [0, 0.1) is 17.0 Å². The van der Waals surface area contributed by atoms with Crippen LogP contribution >= 0.6 is 11.6 Å². The van der Waals surface area contributed by atoms with Crippen LogP contribution in [0.15, 0.2) is 30.3 Å². The summed E-state index contributed by atoms with van der Waals surface area (Å²) in [6.45, 7) is 1.65. The molecule has 1 amide bonds. The lowest BCUT2D eigenvalue weighted by Gasteiger charge is -2.11. The van der Waals surface area contributed by atoms with Gasteiger partial charge in [0.15, 0.2) is 11.5 Å². The van der Waals surface area contributed by atoms with Crippen LogP contribution in [0.5, 0.6) is 11.5 Å². The van der Waals surface area contributed by atoms with E-state index >= 15 is 0 Å². The Hall–Kier alpha value is -2.80. The maximum absolute atomic E-state index is 12.4. The van der Waals surface area contributed by atoms with E-state index in [1.54, 1.807) is 19.1 Å². The Kier molecular flexibility index (Phi) is 5.25. The minimum atomic E-state index is -0.574. The van der Waals surface area contributed by atoms with Gasteiger partial charge in [-0.1, -0.05) is 11.6 Å². The molecule has 0 saturated carbocycles. The molecule has 8 heteroatoms. The lowest BCUT2D eigenvalue weighted by molar-refractivity contribution is -0.384. The van der Waals surface area contributed by atoms with Gasteiger partial charge in [0.1, 0.15) is 5.02 Å². The summed E-state index contributed by atoms with van der Waals surface area (Å²) >= 11 is 5.88. The molecule has 0 unspecified atom stereocenters. The number of halogens is 1. The van der Waals surface area contributed by atoms with E-state index in [1.807, 2.05) is 0 Å². The number of rotatable bonds is 5. The second kappa shape index (κ2) is 7.18. The lowest BCUT2D eigenvalue weighted by Crippen LogP contribution is -2.13. The number of nitro benzene ring substituents is 1. The van der Waals surface area contributed by atoms with Crippen LogP contribution in [0.2, 0.25) is 5.02 Å². The molecule has 0 atom stereocenters. The maximum atomic E-state index is 12.4. The molecule has 0 aliphatic carbocycles. The molecular formula is C16H15ClN2O5. The number of aryl methyl sites for hydroxylation is 1. The summed E-state index contributed by atoms with van der Waals surface area (Å²) in [7, 11) is 2.97. The van der Waals surface area contributed by atoms with Gasteiger partial charge in [-0.3, -0.25) is 14.9 Å². The van der Waals surface area contributed by atoms with Crippen molar-refractivity contribution in [3.8, 4) is 11.5 Å². The van der Waals surface area contributed by atoms with Crippen molar-refractivity contribution in [3.63, 3.8) is 0 Å². The summed E-state index contributed by atoms with van der Waals surface area (Å²) in [6, 6.07) is 7.40. The van der Waals surface area contributed by atoms with Crippen molar-refractivity contribution in [1.82, 2.24) is 0 Å². The van der Waals surface area contributed by atoms with E-state index in [4.69, 9.17) is 21.1 Å². The average molecular weight is 351 g/mol. The highest BCUT2D eigenvalue weighted by molar-refractivity contribution is 6.33. The van der Waals surface area contributed by atoms with Crippen molar-refractivity contribution in [2.75, 3.05) is 19.5 Å². The standard InChI is InChI=1S/C16H15ClN2O5/c1-9-6-13(19(21)22)11(17)8-12(9)18-16(20)10-4-5-14(23-2)15(7-10)24-3/h4-8H,1-3H3,(H,18,20). The van der Waals surface area contributed by atoms with E-state index in [0.29, 0.717) is 28.3 Å². The Morgan fingerprint density at radius 1 is 1.17 bits per heavy atom. The number of benzene rings is 2. The molecule has 24 heavy (non-hydrogen) atoms. The van der Waals surface area contributed by atoms with Crippen molar-refractivity contribution in [2.24, 2.45) is 0 Å². The van der Waals surface area contributed by atoms with Crippen LogP contribution in [0.3, 0.4) is 0 Å². The van der Waals surface area contributed by atoms with Crippen molar-refractivity contribution in [2.45, 2.75) is 6.92 Å². The van der Waals surface area contributed by atoms with E-state index < -0.39 is 10.8 Å². The van der Waals surface area contributed by atoms with Crippen molar-refractivity contribution in [3.05, 3.63) is 56.6 Å². The average Bonchev–Trinajstić information content (AvgIpc) is 2.56. The molecule has 1 N–H and O–H groups in total. The number of nitrogens with zero attached hydrogens (tertiary/aromatic N) is 1. The molecular weight excluding hydrogens is 336 g/mol. The lowest BCUT2D eigenvalue weighted by atomic mass is 10.1. The summed E-state index contributed by atoms with van der Waals surface area (Å²) < 4.78 is 10.3. The molecule has 2 rings (SSSR count). The van der Waals surface area contributed by atoms with Crippen LogP contribution in [0.4, 0.5) is 11.4 Å². The SMILES string of the molecule is COc1ccc(C(=O)Nc2cc(Cl)c([N+](=O)[O-])cc2C)cc1OC. The van der Waals surface area contributed by atoms with E-state index in [1.165, 1.54) is 32.4 Å². The molecule has 0 fully saturated rings. The first kappa shape index (κ1) is 17.6.